The normalized spacial score (nSPS) is 21.1. The maximum absolute atomic E-state index is 13.1. The highest BCUT2D eigenvalue weighted by Gasteiger charge is 2.32. The van der Waals surface area contributed by atoms with E-state index in [-0.39, 0.29) is 17.6 Å². The quantitative estimate of drug-likeness (QED) is 0.423. The van der Waals surface area contributed by atoms with Crippen molar-refractivity contribution in [3.05, 3.63) is 119 Å². The second-order valence-electron chi connectivity index (χ2n) is 8.88. The molecule has 4 aromatic carbocycles. The number of hydrogen-bond donors (Lipinski definition) is 1. The largest absolute Gasteiger partial charge is 0.492 e. The number of aliphatic hydroxyl groups excluding tert-OH is 1. The third-order valence-electron chi connectivity index (χ3n) is 6.85. The fraction of sp³-hybridized carbons (Fsp3) is 0.167. The van der Waals surface area contributed by atoms with E-state index in [0.717, 1.165) is 27.8 Å². The van der Waals surface area contributed by atoms with Crippen molar-refractivity contribution in [3.63, 3.8) is 0 Å². The summed E-state index contributed by atoms with van der Waals surface area (Å²) < 4.78 is 11.9. The molecule has 2 aliphatic heterocycles. The maximum atomic E-state index is 13.1. The Labute approximate surface area is 198 Å². The van der Waals surface area contributed by atoms with Crippen LogP contribution in [0.1, 0.15) is 45.0 Å². The molecular formula is C30H24O4. The number of rotatable bonds is 3. The Morgan fingerprint density at radius 1 is 0.676 bits per heavy atom. The number of benzene rings is 4. The second-order valence-corrected chi connectivity index (χ2v) is 8.88. The molecule has 6 rings (SSSR count). The van der Waals surface area contributed by atoms with Crippen LogP contribution >= 0.6 is 0 Å². The highest BCUT2D eigenvalue weighted by molar-refractivity contribution is 6.04. The summed E-state index contributed by atoms with van der Waals surface area (Å²) >= 11 is 0. The van der Waals surface area contributed by atoms with E-state index in [1.807, 2.05) is 97.1 Å². The Hall–Kier alpha value is -3.89. The lowest BCUT2D eigenvalue weighted by atomic mass is 9.85. The van der Waals surface area contributed by atoms with E-state index in [2.05, 4.69) is 0 Å². The van der Waals surface area contributed by atoms with Crippen LogP contribution in [0.15, 0.2) is 97.1 Å². The molecule has 4 aromatic rings. The summed E-state index contributed by atoms with van der Waals surface area (Å²) in [4.78, 5) is 13.1. The van der Waals surface area contributed by atoms with Crippen LogP contribution in [0.2, 0.25) is 0 Å². The molecule has 3 unspecified atom stereocenters. The van der Waals surface area contributed by atoms with Crippen LogP contribution in [0.4, 0.5) is 0 Å². The van der Waals surface area contributed by atoms with Gasteiger partial charge in [-0.2, -0.15) is 0 Å². The third kappa shape index (κ3) is 3.57. The molecule has 4 nitrogen and oxygen atoms in total. The van der Waals surface area contributed by atoms with Gasteiger partial charge in [0, 0.05) is 11.5 Å². The summed E-state index contributed by atoms with van der Waals surface area (Å²) in [6.45, 7) is 0.771. The van der Waals surface area contributed by atoms with Gasteiger partial charge in [0.15, 0.2) is 5.78 Å². The fourth-order valence-corrected chi connectivity index (χ4v) is 4.97. The minimum atomic E-state index is -0.654. The molecule has 3 atom stereocenters. The van der Waals surface area contributed by atoms with Crippen LogP contribution < -0.4 is 9.47 Å². The monoisotopic (exact) mass is 448 g/mol. The molecule has 0 aliphatic carbocycles. The molecule has 2 heterocycles. The van der Waals surface area contributed by atoms with Crippen molar-refractivity contribution in [2.24, 2.45) is 0 Å². The molecule has 4 heteroatoms. The van der Waals surface area contributed by atoms with Crippen molar-refractivity contribution in [2.45, 2.75) is 17.9 Å². The molecule has 2 aliphatic rings. The minimum Gasteiger partial charge on any atom is -0.492 e. The molecule has 0 aromatic heterocycles. The van der Waals surface area contributed by atoms with Crippen LogP contribution in [-0.4, -0.2) is 24.1 Å². The molecule has 0 saturated carbocycles. The Morgan fingerprint density at radius 3 is 2.29 bits per heavy atom. The minimum absolute atomic E-state index is 0.0824. The van der Waals surface area contributed by atoms with E-state index < -0.39 is 6.10 Å². The van der Waals surface area contributed by atoms with Gasteiger partial charge in [0.05, 0.1) is 24.2 Å². The number of ketones is 1. The molecule has 0 radical (unpaired) electrons. The number of aliphatic hydroxyl groups is 1. The first kappa shape index (κ1) is 20.7. The average molecular weight is 449 g/mol. The van der Waals surface area contributed by atoms with Crippen molar-refractivity contribution < 1.29 is 19.4 Å². The van der Waals surface area contributed by atoms with Crippen LogP contribution in [0, 0.1) is 0 Å². The van der Waals surface area contributed by atoms with Gasteiger partial charge >= 0.3 is 0 Å². The SMILES string of the molecule is O=C1c2ccccc2OCC1c1cccc(-c2ccc3c(c2)C(O)C(c2ccccc2)CO3)c1. The Kier molecular flexibility index (Phi) is 5.16. The molecule has 0 spiro atoms. The molecule has 0 amide bonds. The van der Waals surface area contributed by atoms with E-state index in [0.29, 0.717) is 30.3 Å². The molecule has 0 saturated heterocycles. The van der Waals surface area contributed by atoms with Crippen molar-refractivity contribution in [1.29, 1.82) is 0 Å². The molecule has 0 fully saturated rings. The number of carbonyl (C=O) groups excluding carboxylic acids is 1. The smallest absolute Gasteiger partial charge is 0.177 e. The zero-order valence-electron chi connectivity index (χ0n) is 18.6. The lowest BCUT2D eigenvalue weighted by Crippen LogP contribution is -2.26. The molecule has 34 heavy (non-hydrogen) atoms. The summed E-state index contributed by atoms with van der Waals surface area (Å²) in [6, 6.07) is 31.3. The molecular weight excluding hydrogens is 424 g/mol. The first-order valence-corrected chi connectivity index (χ1v) is 11.5. The van der Waals surface area contributed by atoms with Gasteiger partial charge in [0.2, 0.25) is 0 Å². The van der Waals surface area contributed by atoms with Crippen molar-refractivity contribution in [3.8, 4) is 22.6 Å². The van der Waals surface area contributed by atoms with Gasteiger partial charge in [-0.25, -0.2) is 0 Å². The molecule has 0 bridgehead atoms. The predicted molar refractivity (Wildman–Crippen MR) is 131 cm³/mol. The number of ether oxygens (including phenoxy) is 2. The number of fused-ring (bicyclic) bond motifs is 2. The highest BCUT2D eigenvalue weighted by Crippen LogP contribution is 2.42. The molecule has 168 valence electrons. The van der Waals surface area contributed by atoms with E-state index in [4.69, 9.17) is 9.47 Å². The number of para-hydroxylation sites is 1. The lowest BCUT2D eigenvalue weighted by molar-refractivity contribution is 0.0887. The first-order chi connectivity index (χ1) is 16.7. The van der Waals surface area contributed by atoms with E-state index in [1.54, 1.807) is 0 Å². The van der Waals surface area contributed by atoms with Crippen molar-refractivity contribution >= 4 is 5.78 Å². The number of Topliss-reactive ketones (excluding diaryl/α,β-unsaturated/α-hetero) is 1. The lowest BCUT2D eigenvalue weighted by Gasteiger charge is -2.31. The summed E-state index contributed by atoms with van der Waals surface area (Å²) in [6.07, 6.45) is -0.654. The van der Waals surface area contributed by atoms with Gasteiger partial charge in [-0.3, -0.25) is 4.79 Å². The first-order valence-electron chi connectivity index (χ1n) is 11.5. The van der Waals surface area contributed by atoms with Crippen LogP contribution in [0.5, 0.6) is 11.5 Å². The van der Waals surface area contributed by atoms with Gasteiger partial charge in [0.1, 0.15) is 18.1 Å². The average Bonchev–Trinajstić information content (AvgIpc) is 2.90. The molecule has 1 N–H and O–H groups in total. The summed E-state index contributed by atoms with van der Waals surface area (Å²) in [5.41, 5.74) is 5.36. The van der Waals surface area contributed by atoms with Crippen molar-refractivity contribution in [1.82, 2.24) is 0 Å². The zero-order valence-corrected chi connectivity index (χ0v) is 18.6. The van der Waals surface area contributed by atoms with Gasteiger partial charge in [0.25, 0.3) is 0 Å². The second kappa shape index (κ2) is 8.47. The van der Waals surface area contributed by atoms with Gasteiger partial charge < -0.3 is 14.6 Å². The number of hydrogen-bond acceptors (Lipinski definition) is 4. The van der Waals surface area contributed by atoms with E-state index in [1.165, 1.54) is 0 Å². The zero-order chi connectivity index (χ0) is 23.1. The topological polar surface area (TPSA) is 55.8 Å². The predicted octanol–water partition coefficient (Wildman–Crippen LogP) is 5.92. The van der Waals surface area contributed by atoms with Crippen LogP contribution in [0.25, 0.3) is 11.1 Å². The fourth-order valence-electron chi connectivity index (χ4n) is 4.97. The van der Waals surface area contributed by atoms with E-state index >= 15 is 0 Å². The Bertz CT molecular complexity index is 1360. The van der Waals surface area contributed by atoms with Gasteiger partial charge in [-0.1, -0.05) is 72.8 Å². The summed E-state index contributed by atoms with van der Waals surface area (Å²) in [5.74, 6) is 0.985. The summed E-state index contributed by atoms with van der Waals surface area (Å²) in [7, 11) is 0. The Balaban J connectivity index is 1.32. The summed E-state index contributed by atoms with van der Waals surface area (Å²) in [5, 5.41) is 11.2. The maximum Gasteiger partial charge on any atom is 0.177 e. The third-order valence-corrected chi connectivity index (χ3v) is 6.85. The highest BCUT2D eigenvalue weighted by atomic mass is 16.5. The van der Waals surface area contributed by atoms with Crippen LogP contribution in [0.3, 0.4) is 0 Å². The van der Waals surface area contributed by atoms with Crippen LogP contribution in [-0.2, 0) is 0 Å². The standard InChI is InChI=1S/C30H24O4/c31-29-23-11-4-5-12-27(23)33-18-26(29)22-10-6-9-20(15-22)21-13-14-28-24(16-21)30(32)25(17-34-28)19-7-2-1-3-8-19/h1-16,25-26,30,32H,17-18H2. The van der Waals surface area contributed by atoms with Crippen molar-refractivity contribution in [2.75, 3.05) is 13.2 Å². The Morgan fingerprint density at radius 2 is 1.41 bits per heavy atom. The number of carbonyl (C=O) groups is 1. The van der Waals surface area contributed by atoms with Gasteiger partial charge in [-0.15, -0.1) is 0 Å². The van der Waals surface area contributed by atoms with Gasteiger partial charge in [-0.05, 0) is 46.5 Å². The van der Waals surface area contributed by atoms with E-state index in [9.17, 15) is 9.90 Å².